The molecule has 1 saturated carbocycles. The quantitative estimate of drug-likeness (QED) is 0.859. The molecule has 0 spiro atoms. The highest BCUT2D eigenvalue weighted by atomic mass is 79.9. The topological polar surface area (TPSA) is 35.2 Å². The Morgan fingerprint density at radius 1 is 1.44 bits per heavy atom. The molecule has 0 heterocycles. The lowest BCUT2D eigenvalue weighted by atomic mass is 9.75. The highest BCUT2D eigenvalue weighted by Gasteiger charge is 2.39. The van der Waals surface area contributed by atoms with Crippen molar-refractivity contribution in [3.05, 3.63) is 33.8 Å². The van der Waals surface area contributed by atoms with Gasteiger partial charge < -0.3 is 10.5 Å². The van der Waals surface area contributed by atoms with Crippen molar-refractivity contribution in [1.82, 2.24) is 0 Å². The smallest absolute Gasteiger partial charge is 0.145 e. The van der Waals surface area contributed by atoms with E-state index < -0.39 is 17.7 Å². The van der Waals surface area contributed by atoms with E-state index >= 15 is 0 Å². The molecule has 5 heteroatoms. The van der Waals surface area contributed by atoms with Gasteiger partial charge >= 0.3 is 0 Å². The maximum Gasteiger partial charge on any atom is 0.145 e. The Morgan fingerprint density at radius 3 is 2.61 bits per heavy atom. The molecule has 1 atom stereocenters. The van der Waals surface area contributed by atoms with Crippen molar-refractivity contribution >= 4 is 15.9 Å². The first-order chi connectivity index (χ1) is 8.49. The van der Waals surface area contributed by atoms with Crippen LogP contribution in [0.4, 0.5) is 8.78 Å². The van der Waals surface area contributed by atoms with Crippen LogP contribution in [0.3, 0.4) is 0 Å². The minimum Gasteiger partial charge on any atom is -0.378 e. The molecule has 1 aliphatic rings. The Kier molecular flexibility index (Phi) is 4.04. The van der Waals surface area contributed by atoms with E-state index in [0.717, 1.165) is 19.3 Å². The molecule has 0 radical (unpaired) electrons. The Hall–Kier alpha value is -0.520. The van der Waals surface area contributed by atoms with Crippen molar-refractivity contribution in [1.29, 1.82) is 0 Å². The van der Waals surface area contributed by atoms with Gasteiger partial charge in [0.05, 0.1) is 10.1 Å². The third-order valence-electron chi connectivity index (χ3n) is 3.74. The summed E-state index contributed by atoms with van der Waals surface area (Å²) in [6.07, 6.45) is 3.31. The van der Waals surface area contributed by atoms with Crippen LogP contribution in [0.2, 0.25) is 0 Å². The fourth-order valence-electron chi connectivity index (χ4n) is 2.45. The highest BCUT2D eigenvalue weighted by Crippen LogP contribution is 2.42. The molecular weight excluding hydrogens is 304 g/mol. The van der Waals surface area contributed by atoms with Gasteiger partial charge in [0, 0.05) is 18.7 Å². The molecule has 0 saturated heterocycles. The molecule has 1 aliphatic carbocycles. The van der Waals surface area contributed by atoms with E-state index in [4.69, 9.17) is 10.5 Å². The van der Waals surface area contributed by atoms with E-state index in [2.05, 4.69) is 15.9 Å². The molecule has 0 aromatic heterocycles. The van der Waals surface area contributed by atoms with Crippen LogP contribution in [0, 0.1) is 11.6 Å². The average molecular weight is 320 g/mol. The summed E-state index contributed by atoms with van der Waals surface area (Å²) in [5, 5.41) is 0. The van der Waals surface area contributed by atoms with Gasteiger partial charge in [0.15, 0.2) is 0 Å². The molecule has 1 fully saturated rings. The van der Waals surface area contributed by atoms with Crippen molar-refractivity contribution in [2.24, 2.45) is 5.73 Å². The third-order valence-corrected chi connectivity index (χ3v) is 4.35. The second-order valence-electron chi connectivity index (χ2n) is 4.81. The summed E-state index contributed by atoms with van der Waals surface area (Å²) in [5.41, 5.74) is 5.59. The largest absolute Gasteiger partial charge is 0.378 e. The van der Waals surface area contributed by atoms with Crippen molar-refractivity contribution in [2.75, 3.05) is 7.11 Å². The Labute approximate surface area is 114 Å². The summed E-state index contributed by atoms with van der Waals surface area (Å²) >= 11 is 3.05. The second-order valence-corrected chi connectivity index (χ2v) is 5.66. The standard InChI is InChI=1S/C13H16BrF2NO/c1-18-13(5-2-6-13)7-10(17)11-9(15)4-3-8(14)12(11)16/h3-4,10H,2,5-7,17H2,1H3. The van der Waals surface area contributed by atoms with Gasteiger partial charge in [-0.2, -0.15) is 0 Å². The number of methoxy groups -OCH3 is 1. The van der Waals surface area contributed by atoms with Crippen LogP contribution < -0.4 is 5.73 Å². The molecule has 18 heavy (non-hydrogen) atoms. The first-order valence-electron chi connectivity index (χ1n) is 5.93. The Balaban J connectivity index is 2.23. The molecule has 0 aliphatic heterocycles. The average Bonchev–Trinajstić information content (AvgIpc) is 2.29. The summed E-state index contributed by atoms with van der Waals surface area (Å²) < 4.78 is 33.3. The zero-order valence-corrected chi connectivity index (χ0v) is 11.8. The number of hydrogen-bond donors (Lipinski definition) is 1. The number of nitrogens with two attached hydrogens (primary N) is 1. The molecule has 0 bridgehead atoms. The molecule has 100 valence electrons. The van der Waals surface area contributed by atoms with Gasteiger partial charge in [-0.15, -0.1) is 0 Å². The zero-order chi connectivity index (χ0) is 13.3. The maximum atomic E-state index is 13.9. The van der Waals surface area contributed by atoms with Crippen LogP contribution in [0.5, 0.6) is 0 Å². The molecule has 2 N–H and O–H groups in total. The Morgan fingerprint density at radius 2 is 2.11 bits per heavy atom. The number of halogens is 3. The number of benzene rings is 1. The predicted octanol–water partition coefficient (Wildman–Crippen LogP) is 3.69. The molecule has 1 aromatic rings. The van der Waals surface area contributed by atoms with Gasteiger partial charge in [0.1, 0.15) is 11.6 Å². The predicted molar refractivity (Wildman–Crippen MR) is 69.2 cm³/mol. The fraction of sp³-hybridized carbons (Fsp3) is 0.538. The molecule has 2 rings (SSSR count). The van der Waals surface area contributed by atoms with E-state index in [1.165, 1.54) is 12.1 Å². The van der Waals surface area contributed by atoms with Crippen molar-refractivity contribution < 1.29 is 13.5 Å². The normalized spacial score (nSPS) is 19.4. The first-order valence-corrected chi connectivity index (χ1v) is 6.72. The van der Waals surface area contributed by atoms with Crippen molar-refractivity contribution in [3.8, 4) is 0 Å². The summed E-state index contributed by atoms with van der Waals surface area (Å²) in [4.78, 5) is 0. The van der Waals surface area contributed by atoms with Crippen molar-refractivity contribution in [3.63, 3.8) is 0 Å². The monoisotopic (exact) mass is 319 g/mol. The maximum absolute atomic E-state index is 13.9. The zero-order valence-electron chi connectivity index (χ0n) is 10.2. The Bertz CT molecular complexity index is 443. The minimum atomic E-state index is -0.692. The highest BCUT2D eigenvalue weighted by molar-refractivity contribution is 9.10. The van der Waals surface area contributed by atoms with Crippen LogP contribution >= 0.6 is 15.9 Å². The molecular formula is C13H16BrF2NO. The second kappa shape index (κ2) is 5.23. The summed E-state index contributed by atoms with van der Waals surface area (Å²) in [7, 11) is 1.62. The molecule has 2 nitrogen and oxygen atoms in total. The van der Waals surface area contributed by atoms with Gasteiger partial charge in [0.25, 0.3) is 0 Å². The molecule has 0 amide bonds. The van der Waals surface area contributed by atoms with Crippen LogP contribution in [-0.2, 0) is 4.74 Å². The van der Waals surface area contributed by atoms with Crippen LogP contribution in [0.1, 0.15) is 37.3 Å². The lowest BCUT2D eigenvalue weighted by Crippen LogP contribution is -2.42. The van der Waals surface area contributed by atoms with Crippen molar-refractivity contribution in [2.45, 2.75) is 37.3 Å². The minimum absolute atomic E-state index is 0.0623. The van der Waals surface area contributed by atoms with E-state index in [9.17, 15) is 8.78 Å². The van der Waals surface area contributed by atoms with Gasteiger partial charge in [-0.1, -0.05) is 0 Å². The number of hydrogen-bond acceptors (Lipinski definition) is 2. The van der Waals surface area contributed by atoms with Gasteiger partial charge in [0.2, 0.25) is 0 Å². The van der Waals surface area contributed by atoms with Crippen LogP contribution in [0.15, 0.2) is 16.6 Å². The first kappa shape index (κ1) is 13.9. The number of ether oxygens (including phenoxy) is 1. The lowest BCUT2D eigenvalue weighted by Gasteiger charge is -2.42. The SMILES string of the molecule is COC1(CC(N)c2c(F)ccc(Br)c2F)CCC1. The van der Waals surface area contributed by atoms with Gasteiger partial charge in [-0.05, 0) is 53.7 Å². The third kappa shape index (κ3) is 2.44. The van der Waals surface area contributed by atoms with Gasteiger partial charge in [-0.3, -0.25) is 0 Å². The van der Waals surface area contributed by atoms with Crippen LogP contribution in [0.25, 0.3) is 0 Å². The van der Waals surface area contributed by atoms with E-state index in [0.29, 0.717) is 6.42 Å². The van der Waals surface area contributed by atoms with E-state index in [1.807, 2.05) is 0 Å². The van der Waals surface area contributed by atoms with E-state index in [-0.39, 0.29) is 15.6 Å². The fourth-order valence-corrected chi connectivity index (χ4v) is 2.79. The van der Waals surface area contributed by atoms with Crippen LogP contribution in [-0.4, -0.2) is 12.7 Å². The summed E-state index contributed by atoms with van der Waals surface area (Å²) in [5.74, 6) is -1.22. The summed E-state index contributed by atoms with van der Waals surface area (Å²) in [6, 6.07) is 1.88. The summed E-state index contributed by atoms with van der Waals surface area (Å²) in [6.45, 7) is 0. The molecule has 1 unspecified atom stereocenters. The van der Waals surface area contributed by atoms with Gasteiger partial charge in [-0.25, -0.2) is 8.78 Å². The lowest BCUT2D eigenvalue weighted by molar-refractivity contribution is -0.0819. The number of rotatable bonds is 4. The molecule has 1 aromatic carbocycles. The van der Waals surface area contributed by atoms with E-state index in [1.54, 1.807) is 7.11 Å².